The minimum Gasteiger partial charge on any atom is -0.307 e. The van der Waals surface area contributed by atoms with Crippen molar-refractivity contribution in [3.05, 3.63) is 25.7 Å². The van der Waals surface area contributed by atoms with E-state index in [0.29, 0.717) is 9.23 Å². The van der Waals surface area contributed by atoms with Crippen LogP contribution in [0.5, 0.6) is 0 Å². The van der Waals surface area contributed by atoms with Crippen molar-refractivity contribution in [3.8, 4) is 0 Å². The van der Waals surface area contributed by atoms with Crippen LogP contribution in [0.2, 0.25) is 0 Å². The summed E-state index contributed by atoms with van der Waals surface area (Å²) in [6.45, 7) is 0. The van der Waals surface area contributed by atoms with E-state index in [-0.39, 0.29) is 5.91 Å². The molecule has 1 N–H and O–H groups in total. The first-order valence-corrected chi connectivity index (χ1v) is 6.54. The average Bonchev–Trinajstić information content (AvgIpc) is 2.61. The molecular weight excluding hydrogens is 302 g/mol. The van der Waals surface area contributed by atoms with Crippen LogP contribution in [-0.4, -0.2) is 10.2 Å². The fraction of sp³-hybridized carbons (Fsp3) is 0. The van der Waals surface area contributed by atoms with Crippen molar-refractivity contribution in [1.29, 1.82) is 0 Å². The van der Waals surface area contributed by atoms with Gasteiger partial charge in [0, 0.05) is 0 Å². The van der Waals surface area contributed by atoms with Gasteiger partial charge in [0.2, 0.25) is 0 Å². The predicted octanol–water partition coefficient (Wildman–Crippen LogP) is 3.00. The van der Waals surface area contributed by atoms with E-state index in [1.54, 1.807) is 11.3 Å². The Morgan fingerprint density at radius 1 is 1.57 bits per heavy atom. The van der Waals surface area contributed by atoms with Crippen molar-refractivity contribution in [2.75, 3.05) is 0 Å². The molecule has 2 heterocycles. The third kappa shape index (κ3) is 2.25. The molecule has 1 aliphatic heterocycles. The monoisotopic (exact) mass is 305 g/mol. The van der Waals surface area contributed by atoms with Crippen molar-refractivity contribution in [1.82, 2.24) is 5.32 Å². The molecule has 0 bridgehead atoms. The Labute approximate surface area is 103 Å². The molecule has 0 atom stereocenters. The van der Waals surface area contributed by atoms with Crippen LogP contribution in [0.3, 0.4) is 0 Å². The molecule has 14 heavy (non-hydrogen) atoms. The minimum atomic E-state index is -0.109. The molecule has 1 aromatic heterocycles. The summed E-state index contributed by atoms with van der Waals surface area (Å²) >= 11 is 11.1. The van der Waals surface area contributed by atoms with E-state index < -0.39 is 0 Å². The van der Waals surface area contributed by atoms with Gasteiger partial charge in [-0.25, -0.2) is 0 Å². The Hall–Kier alpha value is -0.170. The van der Waals surface area contributed by atoms with E-state index in [4.69, 9.17) is 12.2 Å². The highest BCUT2D eigenvalue weighted by atomic mass is 79.9. The molecule has 0 radical (unpaired) electrons. The van der Waals surface area contributed by atoms with Crippen LogP contribution in [0.4, 0.5) is 0 Å². The Morgan fingerprint density at radius 3 is 2.86 bits per heavy atom. The maximum Gasteiger partial charge on any atom is 0.263 e. The van der Waals surface area contributed by atoms with Crippen LogP contribution in [0.15, 0.2) is 20.1 Å². The molecule has 72 valence electrons. The molecule has 2 nitrogen and oxygen atoms in total. The topological polar surface area (TPSA) is 29.1 Å². The molecule has 1 amide bonds. The number of hydrogen-bond donors (Lipinski definition) is 1. The highest BCUT2D eigenvalue weighted by Crippen LogP contribution is 2.28. The summed E-state index contributed by atoms with van der Waals surface area (Å²) in [5.41, 5.74) is 1.02. The number of thioether (sulfide) groups is 1. The molecule has 0 aromatic carbocycles. The second kappa shape index (κ2) is 4.14. The number of carbonyl (C=O) groups is 1. The van der Waals surface area contributed by atoms with Crippen LogP contribution in [-0.2, 0) is 4.79 Å². The van der Waals surface area contributed by atoms with Gasteiger partial charge in [0.05, 0.1) is 8.69 Å². The molecule has 1 saturated heterocycles. The molecule has 2 rings (SSSR count). The van der Waals surface area contributed by atoms with E-state index in [2.05, 4.69) is 21.2 Å². The van der Waals surface area contributed by atoms with Gasteiger partial charge < -0.3 is 5.32 Å². The maximum absolute atomic E-state index is 11.3. The number of amides is 1. The van der Waals surface area contributed by atoms with E-state index >= 15 is 0 Å². The van der Waals surface area contributed by atoms with Crippen LogP contribution in [0, 0.1) is 0 Å². The Morgan fingerprint density at radius 2 is 2.36 bits per heavy atom. The first-order valence-electron chi connectivity index (χ1n) is 3.64. The van der Waals surface area contributed by atoms with Crippen molar-refractivity contribution in [3.63, 3.8) is 0 Å². The van der Waals surface area contributed by atoms with Gasteiger partial charge in [-0.15, -0.1) is 11.3 Å². The molecule has 6 heteroatoms. The quantitative estimate of drug-likeness (QED) is 0.639. The normalized spacial score (nSPS) is 19.1. The third-order valence-electron chi connectivity index (χ3n) is 1.53. The smallest absolute Gasteiger partial charge is 0.263 e. The predicted molar refractivity (Wildman–Crippen MR) is 68.3 cm³/mol. The number of carbonyl (C=O) groups excluding carboxylic acids is 1. The summed E-state index contributed by atoms with van der Waals surface area (Å²) in [5.74, 6) is -0.109. The number of nitrogens with one attached hydrogen (secondary N) is 1. The highest BCUT2D eigenvalue weighted by Gasteiger charge is 2.21. The van der Waals surface area contributed by atoms with Crippen molar-refractivity contribution in [2.45, 2.75) is 0 Å². The van der Waals surface area contributed by atoms with Gasteiger partial charge in [-0.3, -0.25) is 4.79 Å². The Balaban J connectivity index is 2.27. The molecule has 0 aliphatic carbocycles. The van der Waals surface area contributed by atoms with Crippen LogP contribution >= 0.6 is 51.2 Å². The van der Waals surface area contributed by atoms with E-state index in [0.717, 1.165) is 9.35 Å². The molecule has 0 unspecified atom stereocenters. The van der Waals surface area contributed by atoms with E-state index in [9.17, 15) is 4.79 Å². The van der Waals surface area contributed by atoms with Crippen LogP contribution in [0.25, 0.3) is 6.08 Å². The molecule has 0 saturated carbocycles. The lowest BCUT2D eigenvalue weighted by Crippen LogP contribution is -2.17. The average molecular weight is 306 g/mol. The van der Waals surface area contributed by atoms with Crippen LogP contribution < -0.4 is 5.32 Å². The zero-order valence-corrected chi connectivity index (χ0v) is 10.8. The first kappa shape index (κ1) is 10.4. The SMILES string of the molecule is O=C1NC(=S)S/C1=C\c1csc(Br)c1. The fourth-order valence-corrected chi connectivity index (χ4v) is 3.15. The van der Waals surface area contributed by atoms with Gasteiger partial charge >= 0.3 is 0 Å². The molecule has 0 spiro atoms. The van der Waals surface area contributed by atoms with Gasteiger partial charge in [-0.2, -0.15) is 0 Å². The van der Waals surface area contributed by atoms with Crippen molar-refractivity contribution in [2.24, 2.45) is 0 Å². The highest BCUT2D eigenvalue weighted by molar-refractivity contribution is 9.11. The largest absolute Gasteiger partial charge is 0.307 e. The summed E-state index contributed by atoms with van der Waals surface area (Å²) in [4.78, 5) is 12.0. The number of hydrogen-bond acceptors (Lipinski definition) is 4. The Bertz CT molecular complexity index is 438. The lowest BCUT2D eigenvalue weighted by Gasteiger charge is -1.88. The number of thiocarbonyl (C=S) groups is 1. The van der Waals surface area contributed by atoms with Crippen molar-refractivity contribution >= 4 is 67.6 Å². The maximum atomic E-state index is 11.3. The second-order valence-electron chi connectivity index (χ2n) is 2.54. The molecular formula is C8H4BrNOS3. The summed E-state index contributed by atoms with van der Waals surface area (Å²) < 4.78 is 1.57. The molecule has 1 fully saturated rings. The lowest BCUT2D eigenvalue weighted by atomic mass is 10.3. The zero-order chi connectivity index (χ0) is 10.1. The summed E-state index contributed by atoms with van der Waals surface area (Å²) in [7, 11) is 0. The number of rotatable bonds is 1. The molecule has 1 aliphatic rings. The van der Waals surface area contributed by atoms with E-state index in [1.165, 1.54) is 11.8 Å². The third-order valence-corrected chi connectivity index (χ3v) is 4.21. The number of thiophene rings is 1. The Kier molecular flexibility index (Phi) is 3.06. The summed E-state index contributed by atoms with van der Waals surface area (Å²) in [5, 5.41) is 4.55. The fourth-order valence-electron chi connectivity index (χ4n) is 0.972. The van der Waals surface area contributed by atoms with Gasteiger partial charge in [0.1, 0.15) is 4.32 Å². The number of halogens is 1. The van der Waals surface area contributed by atoms with Gasteiger partial charge in [0.25, 0.3) is 5.91 Å². The molecule has 1 aromatic rings. The van der Waals surface area contributed by atoms with Crippen LogP contribution in [0.1, 0.15) is 5.56 Å². The van der Waals surface area contributed by atoms with Gasteiger partial charge in [0.15, 0.2) is 0 Å². The minimum absolute atomic E-state index is 0.109. The lowest BCUT2D eigenvalue weighted by molar-refractivity contribution is -0.115. The summed E-state index contributed by atoms with van der Waals surface area (Å²) in [6, 6.07) is 1.97. The standard InChI is InChI=1S/C8H4BrNOS3/c9-6-2-4(3-13-6)1-5-7(11)10-8(12)14-5/h1-3H,(H,10,11,12)/b5-1-. The van der Waals surface area contributed by atoms with Crippen molar-refractivity contribution < 1.29 is 4.79 Å². The van der Waals surface area contributed by atoms with Gasteiger partial charge in [-0.1, -0.05) is 24.0 Å². The first-order chi connectivity index (χ1) is 6.65. The summed E-state index contributed by atoms with van der Waals surface area (Å²) in [6.07, 6.45) is 1.83. The second-order valence-corrected chi connectivity index (χ2v) is 6.55. The zero-order valence-electron chi connectivity index (χ0n) is 6.74. The van der Waals surface area contributed by atoms with E-state index in [1.807, 2.05) is 17.5 Å². The van der Waals surface area contributed by atoms with Gasteiger partial charge in [-0.05, 0) is 39.0 Å².